The van der Waals surface area contributed by atoms with Gasteiger partial charge in [0.25, 0.3) is 0 Å². The minimum Gasteiger partial charge on any atom is -0.466 e. The molecule has 0 aliphatic heterocycles. The number of aliphatic hydroxyl groups excluding tert-OH is 2. The Balaban J connectivity index is 3.37. The topological polar surface area (TPSA) is 95.9 Å². The van der Waals surface area contributed by atoms with Crippen LogP contribution < -0.4 is 5.32 Å². The van der Waals surface area contributed by atoms with Crippen molar-refractivity contribution in [3.05, 3.63) is 24.3 Å². The van der Waals surface area contributed by atoms with E-state index in [-0.39, 0.29) is 18.5 Å². The third-order valence-corrected chi connectivity index (χ3v) is 17.5. The van der Waals surface area contributed by atoms with Gasteiger partial charge in [-0.2, -0.15) is 0 Å². The first-order valence-corrected chi connectivity index (χ1v) is 37.1. The summed E-state index contributed by atoms with van der Waals surface area (Å²) in [5.74, 6) is -0.0130. The van der Waals surface area contributed by atoms with Crippen molar-refractivity contribution in [2.24, 2.45) is 0 Å². The highest BCUT2D eigenvalue weighted by Crippen LogP contribution is 2.19. The van der Waals surface area contributed by atoms with Gasteiger partial charge in [-0.05, 0) is 57.8 Å². The average Bonchev–Trinajstić information content (AvgIpc) is 3.47. The van der Waals surface area contributed by atoms with E-state index in [1.807, 2.05) is 0 Å². The van der Waals surface area contributed by atoms with Gasteiger partial charge in [0.15, 0.2) is 0 Å². The number of ether oxygens (including phenoxy) is 1. The number of allylic oxidation sites excluding steroid dienone is 4. The Bertz CT molecular complexity index is 1270. The lowest BCUT2D eigenvalue weighted by molar-refractivity contribution is -0.143. The Hall–Kier alpha value is -1.66. The number of esters is 1. The van der Waals surface area contributed by atoms with Crippen LogP contribution in [0.2, 0.25) is 0 Å². The van der Waals surface area contributed by atoms with Gasteiger partial charge in [-0.3, -0.25) is 9.59 Å². The molecule has 0 aromatic heterocycles. The monoisotopic (exact) mass is 1140 g/mol. The van der Waals surface area contributed by atoms with Gasteiger partial charge in [-0.1, -0.05) is 372 Å². The van der Waals surface area contributed by atoms with Crippen LogP contribution in [0.4, 0.5) is 0 Å². The minimum absolute atomic E-state index is 0.0175. The van der Waals surface area contributed by atoms with Gasteiger partial charge in [0.05, 0.1) is 25.4 Å². The molecule has 6 nitrogen and oxygen atoms in total. The van der Waals surface area contributed by atoms with Crippen LogP contribution in [0.5, 0.6) is 0 Å². The van der Waals surface area contributed by atoms with E-state index in [2.05, 4.69) is 43.5 Å². The van der Waals surface area contributed by atoms with Gasteiger partial charge < -0.3 is 20.3 Å². The molecule has 81 heavy (non-hydrogen) atoms. The summed E-state index contributed by atoms with van der Waals surface area (Å²) >= 11 is 0. The van der Waals surface area contributed by atoms with Gasteiger partial charge in [0.1, 0.15) is 0 Å². The number of nitrogens with one attached hydrogen (secondary N) is 1. The molecule has 2 atom stereocenters. The molecule has 0 heterocycles. The molecule has 3 N–H and O–H groups in total. The molecule has 0 saturated heterocycles. The lowest BCUT2D eigenvalue weighted by Gasteiger charge is -2.22. The Morgan fingerprint density at radius 2 is 0.617 bits per heavy atom. The predicted octanol–water partition coefficient (Wildman–Crippen LogP) is 24.1. The van der Waals surface area contributed by atoms with E-state index >= 15 is 0 Å². The molecule has 2 unspecified atom stereocenters. The van der Waals surface area contributed by atoms with Crippen molar-refractivity contribution in [1.29, 1.82) is 0 Å². The van der Waals surface area contributed by atoms with E-state index in [0.29, 0.717) is 25.9 Å². The molecule has 0 saturated carbocycles. The smallest absolute Gasteiger partial charge is 0.305 e. The van der Waals surface area contributed by atoms with Crippen molar-refractivity contribution < 1.29 is 24.5 Å². The highest BCUT2D eigenvalue weighted by Gasteiger charge is 2.20. The normalized spacial score (nSPS) is 12.6. The second-order valence-electron chi connectivity index (χ2n) is 25.6. The summed E-state index contributed by atoms with van der Waals surface area (Å²) in [6, 6.07) is -0.541. The van der Waals surface area contributed by atoms with Crippen LogP contribution in [-0.2, 0) is 14.3 Å². The maximum atomic E-state index is 12.5. The van der Waals surface area contributed by atoms with E-state index in [9.17, 15) is 19.8 Å². The summed E-state index contributed by atoms with van der Waals surface area (Å²) in [7, 11) is 0. The Morgan fingerprint density at radius 1 is 0.346 bits per heavy atom. The molecular formula is C75H145NO5. The number of carbonyl (C=O) groups is 2. The maximum Gasteiger partial charge on any atom is 0.305 e. The van der Waals surface area contributed by atoms with Crippen LogP contribution >= 0.6 is 0 Å². The first kappa shape index (κ1) is 79.3. The molecule has 0 radical (unpaired) electrons. The van der Waals surface area contributed by atoms with Crippen LogP contribution in [0.25, 0.3) is 0 Å². The number of hydrogen-bond acceptors (Lipinski definition) is 5. The van der Waals surface area contributed by atoms with Crippen LogP contribution in [0.1, 0.15) is 418 Å². The van der Waals surface area contributed by atoms with Gasteiger partial charge in [0, 0.05) is 12.8 Å². The molecule has 0 spiro atoms. The van der Waals surface area contributed by atoms with Crippen molar-refractivity contribution in [1.82, 2.24) is 5.32 Å². The van der Waals surface area contributed by atoms with Crippen LogP contribution in [0.3, 0.4) is 0 Å². The number of carbonyl (C=O) groups excluding carboxylic acids is 2. The van der Waals surface area contributed by atoms with Crippen molar-refractivity contribution in [3.63, 3.8) is 0 Å². The van der Waals surface area contributed by atoms with E-state index in [4.69, 9.17) is 4.74 Å². The number of amides is 1. The molecule has 0 aliphatic carbocycles. The van der Waals surface area contributed by atoms with E-state index in [1.165, 1.54) is 340 Å². The molecule has 0 aromatic rings. The summed E-state index contributed by atoms with van der Waals surface area (Å²) in [6.07, 6.45) is 89.6. The summed E-state index contributed by atoms with van der Waals surface area (Å²) in [5, 5.41) is 23.4. The van der Waals surface area contributed by atoms with Gasteiger partial charge in [0.2, 0.25) is 5.91 Å². The molecule has 480 valence electrons. The van der Waals surface area contributed by atoms with Gasteiger partial charge in [-0.25, -0.2) is 0 Å². The maximum absolute atomic E-state index is 12.5. The first-order chi connectivity index (χ1) is 40.0. The molecule has 0 rings (SSSR count). The molecule has 0 fully saturated rings. The van der Waals surface area contributed by atoms with Crippen LogP contribution in [0.15, 0.2) is 24.3 Å². The summed E-state index contributed by atoms with van der Waals surface area (Å²) in [4.78, 5) is 24.6. The molecule has 1 amide bonds. The molecule has 0 bridgehead atoms. The molecule has 6 heteroatoms. The fraction of sp³-hybridized carbons (Fsp3) is 0.920. The Kier molecular flexibility index (Phi) is 69.4. The number of aliphatic hydroxyl groups is 2. The number of rotatable bonds is 70. The fourth-order valence-electron chi connectivity index (χ4n) is 11.9. The highest BCUT2D eigenvalue weighted by molar-refractivity contribution is 5.76. The van der Waals surface area contributed by atoms with Gasteiger partial charge >= 0.3 is 5.97 Å². The Labute approximate surface area is 507 Å². The van der Waals surface area contributed by atoms with Crippen molar-refractivity contribution in [2.75, 3.05) is 13.2 Å². The largest absolute Gasteiger partial charge is 0.466 e. The zero-order valence-electron chi connectivity index (χ0n) is 55.0. The lowest BCUT2D eigenvalue weighted by atomic mass is 10.0. The summed E-state index contributed by atoms with van der Waals surface area (Å²) in [6.45, 7) is 5.00. The third kappa shape index (κ3) is 67.3. The Morgan fingerprint density at radius 3 is 0.938 bits per heavy atom. The van der Waals surface area contributed by atoms with Crippen LogP contribution in [0, 0.1) is 0 Å². The van der Waals surface area contributed by atoms with Crippen molar-refractivity contribution in [3.8, 4) is 0 Å². The zero-order chi connectivity index (χ0) is 58.5. The van der Waals surface area contributed by atoms with E-state index in [1.54, 1.807) is 0 Å². The highest BCUT2D eigenvalue weighted by atomic mass is 16.5. The van der Waals surface area contributed by atoms with Crippen LogP contribution in [-0.4, -0.2) is 47.4 Å². The third-order valence-electron chi connectivity index (χ3n) is 17.5. The number of unbranched alkanes of at least 4 members (excludes halogenated alkanes) is 55. The van der Waals surface area contributed by atoms with E-state index < -0.39 is 12.1 Å². The fourth-order valence-corrected chi connectivity index (χ4v) is 11.9. The van der Waals surface area contributed by atoms with E-state index in [0.717, 1.165) is 44.9 Å². The first-order valence-electron chi connectivity index (χ1n) is 37.1. The molecule has 0 aromatic carbocycles. The summed E-state index contributed by atoms with van der Waals surface area (Å²) < 4.78 is 5.50. The second-order valence-corrected chi connectivity index (χ2v) is 25.6. The quantitative estimate of drug-likeness (QED) is 0.0320. The SMILES string of the molecule is CCCCCCCCCCCCCCCCCCCC(O)C(CO)NC(=O)CCCCCCCCCCCCCCCCC/C=C\C/C=C\CCCCCCCCCCCOC(=O)CCCCCCCCCCCCCCCCCC. The zero-order valence-corrected chi connectivity index (χ0v) is 55.0. The van der Waals surface area contributed by atoms with Gasteiger partial charge in [-0.15, -0.1) is 0 Å². The number of hydrogen-bond donors (Lipinski definition) is 3. The lowest BCUT2D eigenvalue weighted by Crippen LogP contribution is -2.45. The minimum atomic E-state index is -0.664. The second kappa shape index (κ2) is 70.8. The molecular weight excluding hydrogens is 995 g/mol. The molecule has 0 aliphatic rings. The van der Waals surface area contributed by atoms with Crippen molar-refractivity contribution >= 4 is 11.9 Å². The standard InChI is InChI=1S/C75H145NO5/c1-3-5-7-9-11-13-15-17-19-36-39-43-47-51-55-59-63-67-73(78)72(71-77)76-74(79)68-64-60-56-52-48-44-40-37-34-32-30-28-26-24-22-21-23-25-27-29-31-33-35-38-42-46-50-54-58-62-66-70-81-75(80)69-65-61-57-53-49-45-41-20-18-16-14-12-10-8-6-4-2/h23,25,29,31,72-73,77-78H,3-22,24,26-28,30,32-71H2,1-2H3,(H,76,79)/b25-23-,31-29-. The predicted molar refractivity (Wildman–Crippen MR) is 356 cm³/mol. The van der Waals surface area contributed by atoms with Crippen molar-refractivity contribution in [2.45, 2.75) is 431 Å². The average molecular weight is 1140 g/mol. The summed E-state index contributed by atoms with van der Waals surface area (Å²) in [5.41, 5.74) is 0.